The van der Waals surface area contributed by atoms with Crippen molar-refractivity contribution in [2.45, 2.75) is 19.3 Å². The number of fused-ring (bicyclic) bond motifs is 1. The van der Waals surface area contributed by atoms with Gasteiger partial charge in [0.1, 0.15) is 5.41 Å². The maximum atomic E-state index is 11.6. The quantitative estimate of drug-likeness (QED) is 0.767. The van der Waals surface area contributed by atoms with E-state index in [0.717, 1.165) is 0 Å². The fourth-order valence-corrected chi connectivity index (χ4v) is 1.62. The van der Waals surface area contributed by atoms with Crippen LogP contribution in [0, 0.1) is 0 Å². The topological polar surface area (TPSA) is 56.5 Å². The summed E-state index contributed by atoms with van der Waals surface area (Å²) in [4.78, 5) is 15.9. The molecule has 0 radical (unpaired) electrons. The number of carbonyl (C=O) groups is 1. The van der Waals surface area contributed by atoms with Crippen LogP contribution in [0.5, 0.6) is 0 Å². The molecule has 0 spiro atoms. The zero-order valence-electron chi connectivity index (χ0n) is 9.77. The third kappa shape index (κ3) is 1.98. The van der Waals surface area contributed by atoms with Crippen molar-refractivity contribution < 1.29 is 9.53 Å². The van der Waals surface area contributed by atoms with Gasteiger partial charge >= 0.3 is 5.97 Å². The Balaban J connectivity index is 2.53. The molecule has 17 heavy (non-hydrogen) atoms. The number of hydrogen-bond donors (Lipinski definition) is 0. The van der Waals surface area contributed by atoms with Crippen LogP contribution in [-0.4, -0.2) is 27.7 Å². The molecule has 0 bridgehead atoms. The number of halogens is 1. The molecule has 5 nitrogen and oxygen atoms in total. The second-order valence-electron chi connectivity index (χ2n) is 4.20. The first-order valence-electron chi connectivity index (χ1n) is 5.06. The Bertz CT molecular complexity index is 577. The van der Waals surface area contributed by atoms with Gasteiger partial charge in [-0.05, 0) is 26.0 Å². The van der Waals surface area contributed by atoms with Crippen LogP contribution in [0.25, 0.3) is 5.65 Å². The maximum absolute atomic E-state index is 11.6. The van der Waals surface area contributed by atoms with Gasteiger partial charge < -0.3 is 4.74 Å². The van der Waals surface area contributed by atoms with E-state index in [1.807, 2.05) is 0 Å². The van der Waals surface area contributed by atoms with Crippen molar-refractivity contribution in [1.82, 2.24) is 14.6 Å². The van der Waals surface area contributed by atoms with Crippen molar-refractivity contribution in [1.29, 1.82) is 0 Å². The normalized spacial score (nSPS) is 11.8. The Labute approximate surface area is 103 Å². The third-order valence-electron chi connectivity index (χ3n) is 2.55. The molecular formula is C11H12ClN3O2. The summed E-state index contributed by atoms with van der Waals surface area (Å²) in [5.74, 6) is 0.0334. The van der Waals surface area contributed by atoms with Gasteiger partial charge in [0.05, 0.1) is 12.1 Å². The van der Waals surface area contributed by atoms with Crippen LogP contribution < -0.4 is 0 Å². The van der Waals surface area contributed by atoms with Crippen molar-refractivity contribution in [2.24, 2.45) is 0 Å². The van der Waals surface area contributed by atoms with E-state index in [9.17, 15) is 4.79 Å². The van der Waals surface area contributed by atoms with Gasteiger partial charge in [-0.2, -0.15) is 5.10 Å². The Kier molecular flexibility index (Phi) is 2.79. The van der Waals surface area contributed by atoms with Gasteiger partial charge in [-0.3, -0.25) is 4.79 Å². The molecule has 0 atom stereocenters. The molecule has 0 saturated carbocycles. The number of carbonyl (C=O) groups excluding carboxylic acids is 1. The fourth-order valence-electron chi connectivity index (χ4n) is 1.47. The average molecular weight is 254 g/mol. The Morgan fingerprint density at radius 2 is 2.18 bits per heavy atom. The van der Waals surface area contributed by atoms with Crippen LogP contribution in [0.3, 0.4) is 0 Å². The van der Waals surface area contributed by atoms with Crippen LogP contribution in [-0.2, 0) is 14.9 Å². The Hall–Kier alpha value is -1.62. The highest BCUT2D eigenvalue weighted by Gasteiger charge is 2.35. The van der Waals surface area contributed by atoms with E-state index in [4.69, 9.17) is 16.3 Å². The molecule has 0 saturated heterocycles. The van der Waals surface area contributed by atoms with E-state index in [-0.39, 0.29) is 5.97 Å². The summed E-state index contributed by atoms with van der Waals surface area (Å²) >= 11 is 5.85. The third-order valence-corrected chi connectivity index (χ3v) is 2.77. The average Bonchev–Trinajstić information content (AvgIpc) is 2.71. The van der Waals surface area contributed by atoms with Gasteiger partial charge in [0.2, 0.25) is 0 Å². The summed E-state index contributed by atoms with van der Waals surface area (Å²) in [6.45, 7) is 3.43. The molecule has 6 heteroatoms. The van der Waals surface area contributed by atoms with E-state index in [1.165, 1.54) is 7.11 Å². The summed E-state index contributed by atoms with van der Waals surface area (Å²) < 4.78 is 6.28. The first kappa shape index (κ1) is 11.9. The smallest absolute Gasteiger partial charge is 0.319 e. The van der Waals surface area contributed by atoms with Crippen LogP contribution in [0.2, 0.25) is 5.02 Å². The number of pyridine rings is 1. The zero-order valence-corrected chi connectivity index (χ0v) is 10.5. The van der Waals surface area contributed by atoms with Gasteiger partial charge in [0.25, 0.3) is 0 Å². The Morgan fingerprint density at radius 1 is 1.47 bits per heavy atom. The minimum absolute atomic E-state index is 0.375. The fraction of sp³-hybridized carbons (Fsp3) is 0.364. The van der Waals surface area contributed by atoms with Crippen molar-refractivity contribution in [2.75, 3.05) is 7.11 Å². The van der Waals surface area contributed by atoms with E-state index in [1.54, 1.807) is 36.7 Å². The molecule has 0 N–H and O–H groups in total. The first-order chi connectivity index (χ1) is 7.95. The van der Waals surface area contributed by atoms with Crippen LogP contribution in [0.4, 0.5) is 0 Å². The number of esters is 1. The van der Waals surface area contributed by atoms with Crippen LogP contribution >= 0.6 is 11.6 Å². The molecular weight excluding hydrogens is 242 g/mol. The molecule has 2 heterocycles. The van der Waals surface area contributed by atoms with Gasteiger partial charge in [-0.15, -0.1) is 0 Å². The molecule has 0 unspecified atom stereocenters. The summed E-state index contributed by atoms with van der Waals surface area (Å²) in [6, 6.07) is 3.46. The van der Waals surface area contributed by atoms with E-state index < -0.39 is 5.41 Å². The molecule has 0 aliphatic heterocycles. The highest BCUT2D eigenvalue weighted by Crippen LogP contribution is 2.22. The van der Waals surface area contributed by atoms with E-state index in [0.29, 0.717) is 16.5 Å². The zero-order chi connectivity index (χ0) is 12.6. The SMILES string of the molecule is COC(=O)C(C)(C)c1nc2ccc(Cl)cn2n1. The van der Waals surface area contributed by atoms with Gasteiger partial charge in [0, 0.05) is 6.20 Å². The Morgan fingerprint density at radius 3 is 2.82 bits per heavy atom. The predicted molar refractivity (Wildman–Crippen MR) is 63.0 cm³/mol. The summed E-state index contributed by atoms with van der Waals surface area (Å²) in [6.07, 6.45) is 1.64. The lowest BCUT2D eigenvalue weighted by atomic mass is 9.93. The number of hydrogen-bond acceptors (Lipinski definition) is 4. The summed E-state index contributed by atoms with van der Waals surface area (Å²) in [7, 11) is 1.34. The molecule has 2 rings (SSSR count). The van der Waals surface area contributed by atoms with Crippen LogP contribution in [0.15, 0.2) is 18.3 Å². The lowest BCUT2D eigenvalue weighted by Gasteiger charge is -2.16. The molecule has 0 aromatic carbocycles. The maximum Gasteiger partial charge on any atom is 0.319 e. The number of ether oxygens (including phenoxy) is 1. The number of methoxy groups -OCH3 is 1. The van der Waals surface area contributed by atoms with Gasteiger partial charge in [-0.25, -0.2) is 9.50 Å². The molecule has 90 valence electrons. The number of rotatable bonds is 2. The molecule has 0 aliphatic carbocycles. The molecule has 0 amide bonds. The van der Waals surface area contributed by atoms with E-state index in [2.05, 4.69) is 10.1 Å². The highest BCUT2D eigenvalue weighted by molar-refractivity contribution is 6.30. The molecule has 2 aromatic rings. The lowest BCUT2D eigenvalue weighted by molar-refractivity contribution is -0.146. The molecule has 0 fully saturated rings. The molecule has 2 aromatic heterocycles. The number of aromatic nitrogens is 3. The summed E-state index contributed by atoms with van der Waals surface area (Å²) in [5, 5.41) is 4.79. The van der Waals surface area contributed by atoms with Gasteiger partial charge in [0.15, 0.2) is 11.5 Å². The monoisotopic (exact) mass is 253 g/mol. The molecule has 0 aliphatic rings. The highest BCUT2D eigenvalue weighted by atomic mass is 35.5. The second-order valence-corrected chi connectivity index (χ2v) is 4.64. The van der Waals surface area contributed by atoms with E-state index >= 15 is 0 Å². The standard InChI is InChI=1S/C11H12ClN3O2/c1-11(2,10(16)17-3)9-13-8-5-4-7(12)6-15(8)14-9/h4-6H,1-3H3. The first-order valence-corrected chi connectivity index (χ1v) is 5.44. The minimum Gasteiger partial charge on any atom is -0.468 e. The predicted octanol–water partition coefficient (Wildman–Crippen LogP) is 1.83. The van der Waals surface area contributed by atoms with Crippen molar-refractivity contribution in [3.63, 3.8) is 0 Å². The van der Waals surface area contributed by atoms with Crippen molar-refractivity contribution >= 4 is 23.2 Å². The second kappa shape index (κ2) is 4.00. The van der Waals surface area contributed by atoms with Crippen molar-refractivity contribution in [3.8, 4) is 0 Å². The van der Waals surface area contributed by atoms with Crippen LogP contribution in [0.1, 0.15) is 19.7 Å². The van der Waals surface area contributed by atoms with Gasteiger partial charge in [-0.1, -0.05) is 11.6 Å². The van der Waals surface area contributed by atoms with Crippen molar-refractivity contribution in [3.05, 3.63) is 29.2 Å². The lowest BCUT2D eigenvalue weighted by Crippen LogP contribution is -2.31. The summed E-state index contributed by atoms with van der Waals surface area (Å²) in [5.41, 5.74) is -0.242. The largest absolute Gasteiger partial charge is 0.468 e. The minimum atomic E-state index is -0.882. The number of nitrogens with zero attached hydrogens (tertiary/aromatic N) is 3.